The predicted molar refractivity (Wildman–Crippen MR) is 144 cm³/mol. The van der Waals surface area contributed by atoms with Gasteiger partial charge >= 0.3 is 5.97 Å². The number of halogens is 3. The van der Waals surface area contributed by atoms with E-state index in [0.717, 1.165) is 27.6 Å². The first-order valence-electron chi connectivity index (χ1n) is 8.86. The number of nitrogens with zero attached hydrogens (tertiary/aromatic N) is 1. The number of carboxylic acids is 1. The lowest BCUT2D eigenvalue weighted by atomic mass is 10.1. The van der Waals surface area contributed by atoms with Crippen molar-refractivity contribution in [3.63, 3.8) is 0 Å². The number of rotatable bonds is 7. The molecule has 0 heterocycles. The molecule has 0 fully saturated rings. The minimum atomic E-state index is -0.955. The maximum Gasteiger partial charge on any atom is 0.335 e. The molecule has 3 rings (SSSR count). The highest BCUT2D eigenvalue weighted by atomic mass is 127. The fourth-order valence-corrected chi connectivity index (χ4v) is 5.22. The Morgan fingerprint density at radius 1 is 0.968 bits per heavy atom. The molecule has 2 N–H and O–H groups in total. The van der Waals surface area contributed by atoms with Crippen molar-refractivity contribution in [2.45, 2.75) is 6.61 Å². The minimum Gasteiger partial charge on any atom is -0.487 e. The van der Waals surface area contributed by atoms with Crippen LogP contribution in [-0.2, 0) is 6.61 Å². The number of benzene rings is 3. The maximum absolute atomic E-state index is 12.2. The highest BCUT2D eigenvalue weighted by Crippen LogP contribution is 2.29. The molecule has 1 amide bonds. The van der Waals surface area contributed by atoms with Crippen LogP contribution in [0, 0.1) is 10.7 Å². The van der Waals surface area contributed by atoms with E-state index in [0.29, 0.717) is 12.2 Å². The van der Waals surface area contributed by atoms with Crippen molar-refractivity contribution >= 4 is 85.9 Å². The monoisotopic (exact) mass is 752 g/mol. The number of ether oxygens (including phenoxy) is 1. The van der Waals surface area contributed by atoms with Gasteiger partial charge in [-0.15, -0.1) is 0 Å². The van der Waals surface area contributed by atoms with Crippen molar-refractivity contribution in [1.29, 1.82) is 0 Å². The van der Waals surface area contributed by atoms with Crippen LogP contribution in [0.25, 0.3) is 0 Å². The summed E-state index contributed by atoms with van der Waals surface area (Å²) in [5.74, 6) is -0.486. The molecule has 0 aliphatic carbocycles. The first-order valence-corrected chi connectivity index (χ1v) is 12.1. The summed E-state index contributed by atoms with van der Waals surface area (Å²) in [5.41, 5.74) is 5.03. The molecular formula is C22H15I3N2O4. The molecule has 0 aromatic heterocycles. The van der Waals surface area contributed by atoms with Gasteiger partial charge in [0.1, 0.15) is 12.4 Å². The predicted octanol–water partition coefficient (Wildman–Crippen LogP) is 5.54. The van der Waals surface area contributed by atoms with Crippen molar-refractivity contribution < 1.29 is 19.4 Å². The Bertz CT molecular complexity index is 1120. The summed E-state index contributed by atoms with van der Waals surface area (Å²) in [6.07, 6.45) is 1.59. The molecule has 3 aromatic rings. The van der Waals surface area contributed by atoms with Crippen molar-refractivity contribution in [2.75, 3.05) is 0 Å². The molecule has 0 aliphatic heterocycles. The van der Waals surface area contributed by atoms with E-state index in [9.17, 15) is 9.59 Å². The summed E-state index contributed by atoms with van der Waals surface area (Å²) in [6, 6.07) is 17.7. The Hall–Kier alpha value is -1.74. The Balaban J connectivity index is 1.63. The number of hydrogen-bond acceptors (Lipinski definition) is 4. The second kappa shape index (κ2) is 11.2. The number of carbonyl (C=O) groups excluding carboxylic acids is 1. The van der Waals surface area contributed by atoms with Crippen LogP contribution < -0.4 is 10.2 Å². The molecule has 0 unspecified atom stereocenters. The number of aromatic carboxylic acids is 1. The van der Waals surface area contributed by atoms with Crippen molar-refractivity contribution in [1.82, 2.24) is 5.43 Å². The van der Waals surface area contributed by atoms with E-state index in [2.05, 4.69) is 78.3 Å². The van der Waals surface area contributed by atoms with Gasteiger partial charge in [0.25, 0.3) is 5.91 Å². The summed E-state index contributed by atoms with van der Waals surface area (Å²) in [7, 11) is 0. The quantitative estimate of drug-likeness (QED) is 0.189. The highest BCUT2D eigenvalue weighted by Gasteiger charge is 2.10. The molecule has 0 bridgehead atoms. The van der Waals surface area contributed by atoms with Crippen LogP contribution in [0.5, 0.6) is 5.75 Å². The van der Waals surface area contributed by atoms with Gasteiger partial charge in [0.05, 0.1) is 18.9 Å². The van der Waals surface area contributed by atoms with E-state index < -0.39 is 5.97 Å². The van der Waals surface area contributed by atoms with Gasteiger partial charge < -0.3 is 9.84 Å². The van der Waals surface area contributed by atoms with E-state index in [1.807, 2.05) is 24.3 Å². The molecule has 3 aromatic carbocycles. The third kappa shape index (κ3) is 6.87. The SMILES string of the molecule is O=C(O)c1ccc(COc2c(I)cc(/C=N\NC(=O)c3cccc(I)c3)cc2I)cc1. The topological polar surface area (TPSA) is 88.0 Å². The van der Waals surface area contributed by atoms with Crippen LogP contribution in [0.4, 0.5) is 0 Å². The number of nitrogens with one attached hydrogen (secondary N) is 1. The molecule has 0 saturated heterocycles. The van der Waals surface area contributed by atoms with Crippen molar-refractivity contribution in [2.24, 2.45) is 5.10 Å². The lowest BCUT2D eigenvalue weighted by Gasteiger charge is -2.11. The lowest BCUT2D eigenvalue weighted by molar-refractivity contribution is 0.0696. The summed E-state index contributed by atoms with van der Waals surface area (Å²) in [6.45, 7) is 0.325. The molecule has 158 valence electrons. The van der Waals surface area contributed by atoms with E-state index in [1.165, 1.54) is 0 Å². The van der Waals surface area contributed by atoms with Crippen LogP contribution in [0.15, 0.2) is 65.8 Å². The Morgan fingerprint density at radius 2 is 1.65 bits per heavy atom. The average Bonchev–Trinajstić information content (AvgIpc) is 2.73. The van der Waals surface area contributed by atoms with Gasteiger partial charge in [-0.05, 0) is 121 Å². The van der Waals surface area contributed by atoms with Crippen LogP contribution in [0.3, 0.4) is 0 Å². The normalized spacial score (nSPS) is 10.8. The van der Waals surface area contributed by atoms with Crippen molar-refractivity contribution in [3.8, 4) is 5.75 Å². The van der Waals surface area contributed by atoms with E-state index in [4.69, 9.17) is 9.84 Å². The molecule has 9 heteroatoms. The summed E-state index contributed by atoms with van der Waals surface area (Å²) in [4.78, 5) is 23.1. The molecule has 0 radical (unpaired) electrons. The van der Waals surface area contributed by atoms with Crippen molar-refractivity contribution in [3.05, 3.63) is 93.6 Å². The van der Waals surface area contributed by atoms with Gasteiger partial charge in [0.2, 0.25) is 0 Å². The number of hydrazone groups is 1. The molecular weight excluding hydrogens is 737 g/mol. The number of hydrogen-bond donors (Lipinski definition) is 2. The summed E-state index contributed by atoms with van der Waals surface area (Å²) < 4.78 is 8.72. The van der Waals surface area contributed by atoms with Gasteiger partial charge in [-0.3, -0.25) is 4.79 Å². The minimum absolute atomic E-state index is 0.241. The van der Waals surface area contributed by atoms with Gasteiger partial charge in [0, 0.05) is 9.13 Å². The number of carboxylic acid groups (broad SMARTS) is 1. The first-order chi connectivity index (χ1) is 14.8. The molecule has 6 nitrogen and oxygen atoms in total. The largest absolute Gasteiger partial charge is 0.487 e. The third-order valence-electron chi connectivity index (χ3n) is 4.07. The Labute approximate surface area is 219 Å². The van der Waals surface area contributed by atoms with Gasteiger partial charge in [-0.25, -0.2) is 10.2 Å². The Morgan fingerprint density at radius 3 is 2.26 bits per heavy atom. The average molecular weight is 752 g/mol. The third-order valence-corrected chi connectivity index (χ3v) is 6.34. The molecule has 31 heavy (non-hydrogen) atoms. The summed E-state index contributed by atoms with van der Waals surface area (Å²) in [5, 5.41) is 13.0. The fraction of sp³-hybridized carbons (Fsp3) is 0.0455. The second-order valence-corrected chi connectivity index (χ2v) is 9.88. The van der Waals surface area contributed by atoms with E-state index >= 15 is 0 Å². The summed E-state index contributed by atoms with van der Waals surface area (Å²) >= 11 is 6.53. The standard InChI is InChI=1S/C22H15I3N2O4/c23-17-3-1-2-16(10-17)21(28)27-26-11-14-8-18(24)20(19(25)9-14)31-12-13-4-6-15(7-5-13)22(29)30/h1-11H,12H2,(H,27,28)(H,29,30)/b26-11-. The lowest BCUT2D eigenvalue weighted by Crippen LogP contribution is -2.17. The molecule has 0 spiro atoms. The zero-order chi connectivity index (χ0) is 22.4. The van der Waals surface area contributed by atoms with Gasteiger partial charge in [0.15, 0.2) is 0 Å². The van der Waals surface area contributed by atoms with Crippen LogP contribution in [0.2, 0.25) is 0 Å². The van der Waals surface area contributed by atoms with Crippen LogP contribution >= 0.6 is 67.8 Å². The first kappa shape index (κ1) is 23.9. The fourth-order valence-electron chi connectivity index (χ4n) is 2.55. The Kier molecular flexibility index (Phi) is 8.66. The maximum atomic E-state index is 12.2. The smallest absolute Gasteiger partial charge is 0.335 e. The molecule has 0 aliphatic rings. The van der Waals surface area contributed by atoms with Crippen LogP contribution in [-0.4, -0.2) is 23.2 Å². The molecule has 0 atom stereocenters. The van der Waals surface area contributed by atoms with E-state index in [1.54, 1.807) is 42.6 Å². The van der Waals surface area contributed by atoms with E-state index in [-0.39, 0.29) is 11.5 Å². The molecule has 0 saturated carbocycles. The van der Waals surface area contributed by atoms with Crippen LogP contribution in [0.1, 0.15) is 31.8 Å². The highest BCUT2D eigenvalue weighted by molar-refractivity contribution is 14.1. The van der Waals surface area contributed by atoms with Gasteiger partial charge in [-0.2, -0.15) is 5.10 Å². The van der Waals surface area contributed by atoms with Gasteiger partial charge in [-0.1, -0.05) is 18.2 Å². The second-order valence-electron chi connectivity index (χ2n) is 6.31. The number of carbonyl (C=O) groups is 2. The zero-order valence-corrected chi connectivity index (χ0v) is 22.3. The zero-order valence-electron chi connectivity index (χ0n) is 15.8. The number of amides is 1.